The number of hydrogen-bond donors (Lipinski definition) is 0. The Labute approximate surface area is 377 Å². The molecule has 3 aromatic rings. The molecule has 3 aliphatic rings. The number of aldehydes is 1. The molecule has 61 heavy (non-hydrogen) atoms. The summed E-state index contributed by atoms with van der Waals surface area (Å²) in [6.45, 7) is 19.2. The fourth-order valence-corrected chi connectivity index (χ4v) is 9.29. The SMILES string of the molecule is CCc1c2[n-]c(c1C)/C=C1\[N-]/C(=C3\c4[n-]c(c(C)c4C(=O)[C@@H]3C(=O)OC)/C=c3\[n-]/c(c(C=O)c3CC)=C\2)[C@@H](CCC(=O)OC/C=C(\C)CCC[C@H](C)CCCC(C)C)[C@@H]1C.[Mg+2]. The molecule has 6 rings (SSSR count). The van der Waals surface area contributed by atoms with Crippen LogP contribution in [0.5, 0.6) is 0 Å². The van der Waals surface area contributed by atoms with E-state index in [1.807, 2.05) is 45.1 Å². The van der Waals surface area contributed by atoms with Crippen molar-refractivity contribution >= 4 is 70.9 Å². The Hall–Kier alpha value is -4.35. The Kier molecular flexibility index (Phi) is 16.2. The van der Waals surface area contributed by atoms with E-state index in [2.05, 4.69) is 41.5 Å². The van der Waals surface area contributed by atoms with Gasteiger partial charge in [0.2, 0.25) is 0 Å². The smallest absolute Gasteiger partial charge is 0.664 e. The monoisotopic (exact) mass is 838 g/mol. The number of carbonyl (C=O) groups excluding carboxylic acids is 4. The van der Waals surface area contributed by atoms with E-state index >= 15 is 0 Å². The first-order chi connectivity index (χ1) is 28.7. The number of aromatic nitrogens is 3. The summed E-state index contributed by atoms with van der Waals surface area (Å²) in [5, 5.41) is 6.34. The summed E-state index contributed by atoms with van der Waals surface area (Å²) < 4.78 is 11.0. The van der Waals surface area contributed by atoms with Crippen molar-refractivity contribution in [2.75, 3.05) is 13.7 Å². The third-order valence-corrected chi connectivity index (χ3v) is 12.9. The molecule has 0 spiro atoms. The summed E-state index contributed by atoms with van der Waals surface area (Å²) in [6.07, 6.45) is 17.4. The van der Waals surface area contributed by atoms with Gasteiger partial charge in [-0.3, -0.25) is 19.2 Å². The number of esters is 2. The van der Waals surface area contributed by atoms with Gasteiger partial charge >= 0.3 is 35.0 Å². The normalized spacial score (nSPS) is 21.8. The van der Waals surface area contributed by atoms with Gasteiger partial charge in [0.05, 0.1) is 7.11 Å². The van der Waals surface area contributed by atoms with Gasteiger partial charge in [0.15, 0.2) is 5.78 Å². The molecule has 0 saturated carbocycles. The van der Waals surface area contributed by atoms with E-state index < -0.39 is 17.7 Å². The molecule has 0 amide bonds. The molecule has 5 heterocycles. The maximum Gasteiger partial charge on any atom is 2.00 e. The molecule has 0 unspecified atom stereocenters. The Bertz CT molecular complexity index is 2370. The van der Waals surface area contributed by atoms with Crippen molar-refractivity contribution in [1.82, 2.24) is 15.0 Å². The quantitative estimate of drug-likeness (QED) is 0.0435. The van der Waals surface area contributed by atoms with E-state index in [4.69, 9.17) is 29.7 Å². The molecular formula is C50H62MgN4O6-2. The minimum atomic E-state index is -1.25. The van der Waals surface area contributed by atoms with Crippen molar-refractivity contribution in [1.29, 1.82) is 0 Å². The van der Waals surface area contributed by atoms with E-state index in [0.29, 0.717) is 75.2 Å². The number of nitrogens with zero attached hydrogens (tertiary/aromatic N) is 4. The Morgan fingerprint density at radius 1 is 0.869 bits per heavy atom. The number of fused-ring (bicyclic) bond motifs is 7. The molecular weight excluding hydrogens is 777 g/mol. The molecule has 0 aromatic carbocycles. The van der Waals surface area contributed by atoms with Gasteiger partial charge in [-0.2, -0.15) is 11.4 Å². The minimum Gasteiger partial charge on any atom is -0.664 e. The van der Waals surface area contributed by atoms with E-state index in [-0.39, 0.29) is 53.9 Å². The summed E-state index contributed by atoms with van der Waals surface area (Å²) in [6, 6.07) is 0. The van der Waals surface area contributed by atoms with Crippen molar-refractivity contribution in [2.24, 2.45) is 29.6 Å². The molecule has 3 aromatic heterocycles. The molecule has 322 valence electrons. The zero-order valence-corrected chi connectivity index (χ0v) is 39.4. The predicted octanol–water partition coefficient (Wildman–Crippen LogP) is 7.98. The van der Waals surface area contributed by atoms with Crippen LogP contribution in [0.15, 0.2) is 23.0 Å². The van der Waals surface area contributed by atoms with Gasteiger partial charge in [-0.25, -0.2) is 0 Å². The van der Waals surface area contributed by atoms with Crippen molar-refractivity contribution < 1.29 is 28.7 Å². The first-order valence-electron chi connectivity index (χ1n) is 22.0. The van der Waals surface area contributed by atoms with E-state index in [0.717, 1.165) is 58.8 Å². The molecule has 4 atom stereocenters. The molecule has 10 nitrogen and oxygen atoms in total. The predicted molar refractivity (Wildman–Crippen MR) is 241 cm³/mol. The zero-order chi connectivity index (χ0) is 43.4. The minimum absolute atomic E-state index is 0. The van der Waals surface area contributed by atoms with Crippen LogP contribution in [-0.2, 0) is 31.9 Å². The second-order valence-electron chi connectivity index (χ2n) is 17.5. The van der Waals surface area contributed by atoms with Crippen LogP contribution in [0, 0.1) is 43.4 Å². The van der Waals surface area contributed by atoms with Gasteiger partial charge in [-0.05, 0) is 82.6 Å². The topological polar surface area (TPSA) is 143 Å². The molecule has 2 aliphatic heterocycles. The van der Waals surface area contributed by atoms with Crippen LogP contribution in [0.2, 0.25) is 0 Å². The van der Waals surface area contributed by atoms with E-state index in [1.54, 1.807) is 0 Å². The summed E-state index contributed by atoms with van der Waals surface area (Å²) in [4.78, 5) is 68.8. The molecule has 8 bridgehead atoms. The maximum atomic E-state index is 14.3. The third kappa shape index (κ3) is 9.98. The zero-order valence-electron chi connectivity index (χ0n) is 38.0. The second kappa shape index (κ2) is 20.7. The van der Waals surface area contributed by atoms with Crippen LogP contribution >= 0.6 is 0 Å². The standard InChI is InChI=1S/C50H63N4O6.Mg/c1-11-33-30(7)37-23-38-31(8)35(19-20-43(56)60-22-21-29(6)18-14-17-28(5)16-13-15-27(3)4)47(53-38)45-46(50(58)59-10)49(57)44-32(9)39(54-48(44)45)24-41-34(12-2)36(26-55)42(52-41)25-40(33)51-37;/h21,23-28,31,35,46H,11-20,22H2,1-10H3,(H-,53,54,55,57);/q-3;+2/p-1/b29-21+,38-23-,42-25-;/t28-,31+,35+,46-;/m1./s1. The second-order valence-corrected chi connectivity index (χ2v) is 17.5. The summed E-state index contributed by atoms with van der Waals surface area (Å²) >= 11 is 0. The van der Waals surface area contributed by atoms with Crippen LogP contribution in [-0.4, -0.2) is 60.8 Å². The number of rotatable bonds is 17. The van der Waals surface area contributed by atoms with E-state index in [1.165, 1.54) is 38.4 Å². The van der Waals surface area contributed by atoms with E-state index in [9.17, 15) is 19.2 Å². The summed E-state index contributed by atoms with van der Waals surface area (Å²) in [7, 11) is 1.27. The molecule has 1 saturated heterocycles. The number of carbonyl (C=O) groups is 4. The third-order valence-electron chi connectivity index (χ3n) is 12.9. The average Bonchev–Trinajstić information content (AvgIpc) is 3.96. The fourth-order valence-electron chi connectivity index (χ4n) is 9.29. The summed E-state index contributed by atoms with van der Waals surface area (Å²) in [5.74, 6) is -1.73. The molecule has 0 radical (unpaired) electrons. The Morgan fingerprint density at radius 3 is 2.23 bits per heavy atom. The number of hydrogen-bond acceptors (Lipinski definition) is 6. The van der Waals surface area contributed by atoms with Crippen LogP contribution in [0.3, 0.4) is 0 Å². The largest absolute Gasteiger partial charge is 2.00 e. The molecule has 11 heteroatoms. The van der Waals surface area contributed by atoms with Gasteiger partial charge in [0, 0.05) is 17.5 Å². The van der Waals surface area contributed by atoms with Crippen LogP contribution in [0.25, 0.3) is 29.1 Å². The van der Waals surface area contributed by atoms with Gasteiger partial charge in [0.1, 0.15) is 18.8 Å². The molecule has 1 aliphatic carbocycles. The van der Waals surface area contributed by atoms with Gasteiger partial charge < -0.3 is 29.7 Å². The fraction of sp³-hybridized carbons (Fsp3) is 0.520. The number of allylic oxidation sites excluding steroid dienone is 3. The molecule has 0 N–H and O–H groups in total. The number of ether oxygens (including phenoxy) is 2. The molecule has 1 fully saturated rings. The number of Topliss-reactive ketones (excluding diaryl/α,β-unsaturated/α-hetero) is 1. The van der Waals surface area contributed by atoms with Crippen molar-refractivity contribution in [3.8, 4) is 0 Å². The van der Waals surface area contributed by atoms with Crippen molar-refractivity contribution in [3.05, 3.63) is 95.2 Å². The van der Waals surface area contributed by atoms with Gasteiger partial charge in [-0.1, -0.05) is 119 Å². The number of ketones is 1. The first kappa shape index (κ1) is 47.7. The first-order valence-corrected chi connectivity index (χ1v) is 22.0. The summed E-state index contributed by atoms with van der Waals surface area (Å²) in [5.41, 5.74) is 9.57. The Balaban J connectivity index is 0.00000704. The van der Waals surface area contributed by atoms with Gasteiger partial charge in [-0.15, -0.1) is 33.5 Å². The van der Waals surface area contributed by atoms with Crippen molar-refractivity contribution in [3.63, 3.8) is 0 Å². The Morgan fingerprint density at radius 2 is 1.56 bits per heavy atom. The van der Waals surface area contributed by atoms with Crippen LogP contribution in [0.1, 0.15) is 166 Å². The van der Waals surface area contributed by atoms with Crippen LogP contribution < -0.4 is 25.7 Å². The van der Waals surface area contributed by atoms with Crippen LogP contribution in [0.4, 0.5) is 0 Å². The van der Waals surface area contributed by atoms with Crippen molar-refractivity contribution in [2.45, 2.75) is 127 Å². The van der Waals surface area contributed by atoms with Gasteiger partial charge in [0.25, 0.3) is 0 Å². The number of methoxy groups -OCH3 is 1. The maximum absolute atomic E-state index is 14.3. The average molecular weight is 839 g/mol.